The summed E-state index contributed by atoms with van der Waals surface area (Å²) in [4.78, 5) is 74.8. The molecule has 19 heteroatoms. The Balaban J connectivity index is 0.000000256. The molecule has 17 nitrogen and oxygen atoms in total. The molecule has 0 heterocycles. The van der Waals surface area contributed by atoms with Crippen molar-refractivity contribution in [2.45, 2.75) is 112 Å². The van der Waals surface area contributed by atoms with Gasteiger partial charge in [0.15, 0.2) is 0 Å². The van der Waals surface area contributed by atoms with Crippen molar-refractivity contribution in [3.05, 3.63) is 119 Å². The van der Waals surface area contributed by atoms with Crippen LogP contribution in [-0.2, 0) is 89.7 Å². The maximum atomic E-state index is 13.3. The predicted octanol–water partition coefficient (Wildman–Crippen LogP) is 6.80. The monoisotopic (exact) mass is 1020 g/mol. The van der Waals surface area contributed by atoms with Crippen molar-refractivity contribution in [2.24, 2.45) is 11.3 Å². The lowest BCUT2D eigenvalue weighted by molar-refractivity contribution is -0.187. The SMILES string of the molecule is CCOC(=O)C(C(=O)OCC)(C(=O)OCC)C1CCCc2cc(S(=O)(=O)c3ccccc3)ccc21.CCOC(=O)C(C(=O)OCC)C(=O)OCC.O=S(=O)(c1ccccc1)c1ccc2c(c1)CCC[C@@H]2O. The first-order valence-electron chi connectivity index (χ1n) is 23.5. The number of hydrogen-bond acceptors (Lipinski definition) is 17. The average Bonchev–Trinajstić information content (AvgIpc) is 3.35. The average molecular weight is 1020 g/mol. The van der Waals surface area contributed by atoms with E-state index in [1.807, 2.05) is 0 Å². The van der Waals surface area contributed by atoms with Gasteiger partial charge < -0.3 is 33.5 Å². The van der Waals surface area contributed by atoms with Crippen molar-refractivity contribution in [3.63, 3.8) is 0 Å². The van der Waals surface area contributed by atoms with E-state index in [0.717, 1.165) is 30.4 Å². The van der Waals surface area contributed by atoms with Crippen LogP contribution in [0.5, 0.6) is 0 Å². The smallest absolute Gasteiger partial charge is 0.335 e. The highest BCUT2D eigenvalue weighted by atomic mass is 32.2. The molecule has 0 amide bonds. The fourth-order valence-electron chi connectivity index (χ4n) is 8.19. The lowest BCUT2D eigenvalue weighted by atomic mass is 9.66. The largest absolute Gasteiger partial charge is 0.465 e. The third-order valence-corrected chi connectivity index (χ3v) is 15.0. The molecule has 1 N–H and O–H groups in total. The second kappa shape index (κ2) is 26.7. The Bertz CT molecular complexity index is 2610. The number of rotatable bonds is 17. The first-order chi connectivity index (χ1) is 33.9. The molecule has 0 spiro atoms. The summed E-state index contributed by atoms with van der Waals surface area (Å²) in [5.41, 5.74) is 0.624. The van der Waals surface area contributed by atoms with Crippen LogP contribution < -0.4 is 0 Å². The van der Waals surface area contributed by atoms with Crippen LogP contribution in [-0.4, -0.2) is 97.4 Å². The van der Waals surface area contributed by atoms with Gasteiger partial charge in [-0.05, 0) is 151 Å². The van der Waals surface area contributed by atoms with Crippen LogP contribution in [0.3, 0.4) is 0 Å². The number of esters is 6. The van der Waals surface area contributed by atoms with E-state index < -0.39 is 78.8 Å². The number of aryl methyl sites for hydroxylation is 2. The molecule has 0 saturated carbocycles. The molecule has 0 fully saturated rings. The van der Waals surface area contributed by atoms with E-state index in [2.05, 4.69) is 14.2 Å². The summed E-state index contributed by atoms with van der Waals surface area (Å²) < 4.78 is 80.8. The summed E-state index contributed by atoms with van der Waals surface area (Å²) in [5, 5.41) is 9.92. The van der Waals surface area contributed by atoms with Crippen molar-refractivity contribution in [2.75, 3.05) is 39.6 Å². The van der Waals surface area contributed by atoms with Gasteiger partial charge in [-0.1, -0.05) is 48.5 Å². The minimum Gasteiger partial charge on any atom is -0.465 e. The van der Waals surface area contributed by atoms with Crippen LogP contribution in [0.1, 0.15) is 102 Å². The maximum absolute atomic E-state index is 13.3. The molecule has 0 aliphatic heterocycles. The third kappa shape index (κ3) is 13.5. The van der Waals surface area contributed by atoms with E-state index in [1.54, 1.807) is 120 Å². The Morgan fingerprint density at radius 1 is 0.493 bits per heavy atom. The first-order valence-corrected chi connectivity index (χ1v) is 26.4. The molecular weight excluding hydrogens is 961 g/mol. The van der Waals surface area contributed by atoms with E-state index in [-0.39, 0.29) is 49.4 Å². The second-order valence-corrected chi connectivity index (χ2v) is 19.8. The lowest BCUT2D eigenvalue weighted by Crippen LogP contribution is -2.54. The predicted molar refractivity (Wildman–Crippen MR) is 256 cm³/mol. The summed E-state index contributed by atoms with van der Waals surface area (Å²) >= 11 is 0. The van der Waals surface area contributed by atoms with Crippen LogP contribution in [0.15, 0.2) is 117 Å². The number of sulfone groups is 2. The quantitative estimate of drug-likeness (QED) is 0.0649. The summed E-state index contributed by atoms with van der Waals surface area (Å²) in [7, 11) is -7.25. The molecule has 4 aromatic rings. The molecule has 4 aromatic carbocycles. The Morgan fingerprint density at radius 3 is 1.23 bits per heavy atom. The number of benzene rings is 4. The number of aliphatic hydroxyl groups excluding tert-OH is 1. The Labute approximate surface area is 415 Å². The number of aliphatic hydroxyl groups is 1. The minimum absolute atomic E-state index is 0.0484. The summed E-state index contributed by atoms with van der Waals surface area (Å²) in [5.74, 6) is -8.50. The number of ether oxygens (including phenoxy) is 6. The topological polar surface area (TPSA) is 246 Å². The zero-order chi connectivity index (χ0) is 52.4. The highest BCUT2D eigenvalue weighted by molar-refractivity contribution is 7.91. The number of carbonyl (C=O) groups is 6. The highest BCUT2D eigenvalue weighted by Gasteiger charge is 2.63. The van der Waals surface area contributed by atoms with Gasteiger partial charge in [-0.25, -0.2) is 16.8 Å². The normalized spacial score (nSPS) is 15.1. The van der Waals surface area contributed by atoms with E-state index in [0.29, 0.717) is 40.2 Å². The molecule has 71 heavy (non-hydrogen) atoms. The Hall–Kier alpha value is -6.44. The van der Waals surface area contributed by atoms with Crippen LogP contribution in [0, 0.1) is 11.3 Å². The minimum atomic E-state index is -3.78. The molecule has 2 atom stereocenters. The Kier molecular flexibility index (Phi) is 21.5. The molecular formula is C52H62O17S2. The van der Waals surface area contributed by atoms with Gasteiger partial charge in [0.25, 0.3) is 11.3 Å². The van der Waals surface area contributed by atoms with Gasteiger partial charge in [0.05, 0.1) is 65.3 Å². The van der Waals surface area contributed by atoms with Crippen molar-refractivity contribution in [1.82, 2.24) is 0 Å². The van der Waals surface area contributed by atoms with E-state index in [4.69, 9.17) is 14.2 Å². The molecule has 2 aliphatic carbocycles. The third-order valence-electron chi connectivity index (χ3n) is 11.4. The number of carbonyl (C=O) groups excluding carboxylic acids is 6. The van der Waals surface area contributed by atoms with Gasteiger partial charge in [0, 0.05) is 5.92 Å². The van der Waals surface area contributed by atoms with Crippen molar-refractivity contribution in [1.29, 1.82) is 0 Å². The van der Waals surface area contributed by atoms with Gasteiger partial charge >= 0.3 is 35.8 Å². The van der Waals surface area contributed by atoms with Crippen molar-refractivity contribution < 1.29 is 79.1 Å². The van der Waals surface area contributed by atoms with Crippen LogP contribution >= 0.6 is 0 Å². The van der Waals surface area contributed by atoms with Gasteiger partial charge in [-0.3, -0.25) is 28.8 Å². The van der Waals surface area contributed by atoms with Gasteiger partial charge in [0.2, 0.25) is 19.7 Å². The molecule has 0 bridgehead atoms. The molecule has 384 valence electrons. The van der Waals surface area contributed by atoms with Gasteiger partial charge in [-0.2, -0.15) is 0 Å². The maximum Gasteiger partial charge on any atom is 0.335 e. The molecule has 0 radical (unpaired) electrons. The molecule has 6 rings (SSSR count). The highest BCUT2D eigenvalue weighted by Crippen LogP contribution is 2.48. The van der Waals surface area contributed by atoms with Crippen molar-refractivity contribution in [3.8, 4) is 0 Å². The first kappa shape index (κ1) is 57.1. The van der Waals surface area contributed by atoms with Crippen molar-refractivity contribution >= 4 is 55.5 Å². The van der Waals surface area contributed by atoms with Gasteiger partial charge in [0.1, 0.15) is 0 Å². The zero-order valence-electron chi connectivity index (χ0n) is 40.8. The fourth-order valence-corrected chi connectivity index (χ4v) is 10.9. The zero-order valence-corrected chi connectivity index (χ0v) is 42.4. The second-order valence-electron chi connectivity index (χ2n) is 15.9. The standard InChI is InChI=1S/C26H30O8S.C16H16O3S.C10H16O6/c1-4-32-23(27)26(24(28)33-5-2,25(29)34-6-3)22-14-10-11-18-17-20(15-16-21(18)22)35(30,31)19-12-8-7-9-13-19;17-16-8-4-5-12-11-14(9-10-15(12)16)20(18,19)13-6-2-1-3-7-13;1-4-14-8(11)7(9(12)15-5-2)10(13)16-6-3/h7-9,12-13,15-17,22H,4-6,10-11,14H2,1-3H3;1-3,6-7,9-11,16-17H,4-5,8H2;7H,4-6H2,1-3H3/t;16-;/m.0./s1. The van der Waals surface area contributed by atoms with E-state index in [1.165, 1.54) is 18.2 Å². The molecule has 2 aliphatic rings. The van der Waals surface area contributed by atoms with E-state index in [9.17, 15) is 50.7 Å². The van der Waals surface area contributed by atoms with Crippen LogP contribution in [0.4, 0.5) is 0 Å². The number of hydrogen-bond donors (Lipinski definition) is 1. The Morgan fingerprint density at radius 2 is 0.845 bits per heavy atom. The molecule has 0 aromatic heterocycles. The van der Waals surface area contributed by atoms with Crippen LogP contribution in [0.25, 0.3) is 0 Å². The van der Waals surface area contributed by atoms with Gasteiger partial charge in [-0.15, -0.1) is 0 Å². The lowest BCUT2D eigenvalue weighted by Gasteiger charge is -2.37. The summed E-state index contributed by atoms with van der Waals surface area (Å²) in [6.45, 7) is 9.55. The van der Waals surface area contributed by atoms with Crippen LogP contribution in [0.2, 0.25) is 0 Å². The molecule has 0 saturated heterocycles. The van der Waals surface area contributed by atoms with E-state index >= 15 is 0 Å². The molecule has 1 unspecified atom stereocenters. The summed E-state index contributed by atoms with van der Waals surface area (Å²) in [6, 6.07) is 26.1. The summed E-state index contributed by atoms with van der Waals surface area (Å²) in [6.07, 6.45) is 3.35. The number of fused-ring (bicyclic) bond motifs is 2. The fraction of sp³-hybridized carbons (Fsp3) is 0.423.